The van der Waals surface area contributed by atoms with E-state index >= 15 is 0 Å². The van der Waals surface area contributed by atoms with Gasteiger partial charge in [-0.25, -0.2) is 0 Å². The lowest BCUT2D eigenvalue weighted by Crippen LogP contribution is -2.26. The molecule has 0 unspecified atom stereocenters. The molecule has 0 radical (unpaired) electrons. The summed E-state index contributed by atoms with van der Waals surface area (Å²) in [4.78, 5) is 0. The van der Waals surface area contributed by atoms with Crippen molar-refractivity contribution in [3.05, 3.63) is 34.9 Å². The van der Waals surface area contributed by atoms with Crippen LogP contribution in [0.2, 0.25) is 0 Å². The molecular weight excluding hydrogens is 264 g/mol. The molecular formula is C18H32O3. The van der Waals surface area contributed by atoms with Crippen molar-refractivity contribution in [2.45, 2.75) is 47.6 Å². The number of hydrogen-bond acceptors (Lipinski definition) is 3. The Morgan fingerprint density at radius 2 is 1.05 bits per heavy atom. The summed E-state index contributed by atoms with van der Waals surface area (Å²) in [5, 5.41) is 0. The van der Waals surface area contributed by atoms with Crippen molar-refractivity contribution in [3.63, 3.8) is 0 Å². The van der Waals surface area contributed by atoms with Gasteiger partial charge in [0.1, 0.15) is 6.10 Å². The van der Waals surface area contributed by atoms with E-state index in [0.29, 0.717) is 33.0 Å². The molecule has 0 rings (SSSR count). The molecule has 0 aliphatic heterocycles. The Morgan fingerprint density at radius 1 is 0.667 bits per heavy atom. The molecule has 0 aromatic carbocycles. The lowest BCUT2D eigenvalue weighted by Gasteiger charge is -2.17. The SMILES string of the molecule is CC(C)=CCOCC(COCC=C(C)C)OCC=C(C)C. The van der Waals surface area contributed by atoms with Crippen LogP contribution in [0.1, 0.15) is 41.5 Å². The van der Waals surface area contributed by atoms with Gasteiger partial charge in [0.05, 0.1) is 33.0 Å². The molecule has 21 heavy (non-hydrogen) atoms. The van der Waals surface area contributed by atoms with Gasteiger partial charge in [-0.2, -0.15) is 0 Å². The van der Waals surface area contributed by atoms with Crippen LogP contribution in [-0.2, 0) is 14.2 Å². The second-order valence-corrected chi connectivity index (χ2v) is 5.87. The maximum atomic E-state index is 5.80. The van der Waals surface area contributed by atoms with Crippen LogP contribution >= 0.6 is 0 Å². The van der Waals surface area contributed by atoms with Crippen LogP contribution in [0.3, 0.4) is 0 Å². The van der Waals surface area contributed by atoms with E-state index in [0.717, 1.165) is 0 Å². The quantitative estimate of drug-likeness (QED) is 0.420. The summed E-state index contributed by atoms with van der Waals surface area (Å²) in [6.45, 7) is 15.3. The van der Waals surface area contributed by atoms with Crippen molar-refractivity contribution in [1.29, 1.82) is 0 Å². The van der Waals surface area contributed by atoms with Crippen molar-refractivity contribution in [2.75, 3.05) is 33.0 Å². The van der Waals surface area contributed by atoms with Crippen LogP contribution in [0, 0.1) is 0 Å². The summed E-state index contributed by atoms with van der Waals surface area (Å²) < 4.78 is 17.0. The Kier molecular flexibility index (Phi) is 12.3. The Morgan fingerprint density at radius 3 is 1.43 bits per heavy atom. The van der Waals surface area contributed by atoms with Gasteiger partial charge in [-0.3, -0.25) is 0 Å². The lowest BCUT2D eigenvalue weighted by molar-refractivity contribution is -0.0431. The Bertz CT molecular complexity index is 317. The first-order valence-corrected chi connectivity index (χ1v) is 7.59. The fourth-order valence-corrected chi connectivity index (χ4v) is 1.35. The molecule has 3 nitrogen and oxygen atoms in total. The summed E-state index contributed by atoms with van der Waals surface area (Å²) >= 11 is 0. The van der Waals surface area contributed by atoms with E-state index in [1.54, 1.807) is 0 Å². The molecule has 0 bridgehead atoms. The van der Waals surface area contributed by atoms with Crippen molar-refractivity contribution in [3.8, 4) is 0 Å². The molecule has 0 spiro atoms. The zero-order valence-electron chi connectivity index (χ0n) is 14.6. The monoisotopic (exact) mass is 296 g/mol. The highest BCUT2D eigenvalue weighted by Crippen LogP contribution is 2.00. The Labute approximate surface area is 130 Å². The van der Waals surface area contributed by atoms with E-state index in [4.69, 9.17) is 14.2 Å². The largest absolute Gasteiger partial charge is 0.375 e. The average molecular weight is 296 g/mol. The molecule has 0 saturated heterocycles. The van der Waals surface area contributed by atoms with Gasteiger partial charge in [0, 0.05) is 0 Å². The molecule has 3 heteroatoms. The second kappa shape index (κ2) is 12.8. The van der Waals surface area contributed by atoms with E-state index in [1.807, 2.05) is 0 Å². The van der Waals surface area contributed by atoms with Crippen molar-refractivity contribution < 1.29 is 14.2 Å². The predicted octanol–water partition coefficient (Wildman–Crippen LogP) is 4.30. The van der Waals surface area contributed by atoms with Crippen molar-refractivity contribution in [2.24, 2.45) is 0 Å². The minimum atomic E-state index is -0.0308. The third kappa shape index (κ3) is 15.3. The molecule has 0 heterocycles. The highest BCUT2D eigenvalue weighted by molar-refractivity contribution is 4.94. The zero-order valence-corrected chi connectivity index (χ0v) is 14.6. The third-order valence-electron chi connectivity index (χ3n) is 2.65. The van der Waals surface area contributed by atoms with Crippen LogP contribution in [0.5, 0.6) is 0 Å². The average Bonchev–Trinajstić information content (AvgIpc) is 2.37. The molecule has 0 aromatic heterocycles. The highest BCUT2D eigenvalue weighted by atomic mass is 16.6. The Hall–Kier alpha value is -0.900. The topological polar surface area (TPSA) is 27.7 Å². The van der Waals surface area contributed by atoms with Gasteiger partial charge in [0.2, 0.25) is 0 Å². The molecule has 0 N–H and O–H groups in total. The van der Waals surface area contributed by atoms with Crippen LogP contribution in [-0.4, -0.2) is 39.1 Å². The zero-order chi connectivity index (χ0) is 16.1. The first-order valence-electron chi connectivity index (χ1n) is 7.59. The van der Waals surface area contributed by atoms with Gasteiger partial charge in [0.15, 0.2) is 0 Å². The predicted molar refractivity (Wildman–Crippen MR) is 89.7 cm³/mol. The highest BCUT2D eigenvalue weighted by Gasteiger charge is 2.08. The van der Waals surface area contributed by atoms with Gasteiger partial charge in [-0.1, -0.05) is 34.9 Å². The lowest BCUT2D eigenvalue weighted by atomic mass is 10.3. The van der Waals surface area contributed by atoms with Crippen LogP contribution < -0.4 is 0 Å². The minimum absolute atomic E-state index is 0.0308. The van der Waals surface area contributed by atoms with Gasteiger partial charge >= 0.3 is 0 Å². The number of ether oxygens (including phenoxy) is 3. The molecule has 0 atom stereocenters. The molecule has 0 aliphatic carbocycles. The smallest absolute Gasteiger partial charge is 0.105 e. The van der Waals surface area contributed by atoms with E-state index in [1.165, 1.54) is 16.7 Å². The molecule has 0 amide bonds. The fraction of sp³-hybridized carbons (Fsp3) is 0.667. The number of hydrogen-bond donors (Lipinski definition) is 0. The minimum Gasteiger partial charge on any atom is -0.375 e. The summed E-state index contributed by atoms with van der Waals surface area (Å²) in [6.07, 6.45) is 6.17. The van der Waals surface area contributed by atoms with Gasteiger partial charge < -0.3 is 14.2 Å². The molecule has 122 valence electrons. The number of rotatable bonds is 11. The van der Waals surface area contributed by atoms with Crippen molar-refractivity contribution >= 4 is 0 Å². The third-order valence-corrected chi connectivity index (χ3v) is 2.65. The van der Waals surface area contributed by atoms with E-state index in [2.05, 4.69) is 59.8 Å². The van der Waals surface area contributed by atoms with Crippen LogP contribution in [0.15, 0.2) is 34.9 Å². The fourth-order valence-electron chi connectivity index (χ4n) is 1.35. The molecule has 0 saturated carbocycles. The standard InChI is InChI=1S/C18H32O3/c1-15(2)7-10-19-13-18(21-12-9-17(5)6)14-20-11-8-16(3)4/h7-9,18H,10-14H2,1-6H3. The Balaban J connectivity index is 4.10. The second-order valence-electron chi connectivity index (χ2n) is 5.87. The number of allylic oxidation sites excluding steroid dienone is 3. The first-order chi connectivity index (χ1) is 9.91. The summed E-state index contributed by atoms with van der Waals surface area (Å²) in [7, 11) is 0. The molecule has 0 aromatic rings. The summed E-state index contributed by atoms with van der Waals surface area (Å²) in [5.41, 5.74) is 3.78. The van der Waals surface area contributed by atoms with E-state index in [9.17, 15) is 0 Å². The van der Waals surface area contributed by atoms with Crippen molar-refractivity contribution in [1.82, 2.24) is 0 Å². The maximum absolute atomic E-state index is 5.80. The normalized spacial score (nSPS) is 10.4. The van der Waals surface area contributed by atoms with Gasteiger partial charge in [0.25, 0.3) is 0 Å². The van der Waals surface area contributed by atoms with E-state index < -0.39 is 0 Å². The van der Waals surface area contributed by atoms with Gasteiger partial charge in [-0.05, 0) is 41.5 Å². The summed E-state index contributed by atoms with van der Waals surface area (Å²) in [5.74, 6) is 0. The van der Waals surface area contributed by atoms with Crippen LogP contribution in [0.4, 0.5) is 0 Å². The molecule has 0 fully saturated rings. The van der Waals surface area contributed by atoms with Gasteiger partial charge in [-0.15, -0.1) is 0 Å². The first kappa shape index (κ1) is 20.1. The molecule has 0 aliphatic rings. The maximum Gasteiger partial charge on any atom is 0.105 e. The van der Waals surface area contributed by atoms with Crippen LogP contribution in [0.25, 0.3) is 0 Å². The summed E-state index contributed by atoms with van der Waals surface area (Å²) in [6, 6.07) is 0. The van der Waals surface area contributed by atoms with E-state index in [-0.39, 0.29) is 6.10 Å².